The summed E-state index contributed by atoms with van der Waals surface area (Å²) in [6.45, 7) is 0. The molecule has 5 nitrogen and oxygen atoms in total. The maximum absolute atomic E-state index is 6.57. The van der Waals surface area contributed by atoms with Crippen LogP contribution in [-0.4, -0.2) is 19.9 Å². The Morgan fingerprint density at radius 1 is 0.295 bits per heavy atom. The lowest BCUT2D eigenvalue weighted by Crippen LogP contribution is -2.00. The average Bonchev–Trinajstić information content (AvgIpc) is 3.73. The Morgan fingerprint density at radius 3 is 1.36 bits per heavy atom. The molecule has 0 spiro atoms. The number of rotatable bonds is 8. The van der Waals surface area contributed by atoms with Gasteiger partial charge >= 0.3 is 0 Å². The lowest BCUT2D eigenvalue weighted by molar-refractivity contribution is 0.669. The van der Waals surface area contributed by atoms with Crippen molar-refractivity contribution in [3.8, 4) is 89.8 Å². The molecule has 0 atom stereocenters. The summed E-state index contributed by atoms with van der Waals surface area (Å²) in [5, 5.41) is 2.10. The first-order valence-corrected chi connectivity index (χ1v) is 20.3. The lowest BCUT2D eigenvalue weighted by atomic mass is 9.97. The Labute approximate surface area is 353 Å². The molecule has 0 N–H and O–H groups in total. The van der Waals surface area contributed by atoms with Crippen LogP contribution in [0, 0.1) is 0 Å². The van der Waals surface area contributed by atoms with Crippen molar-refractivity contribution in [2.24, 2.45) is 0 Å². The zero-order chi connectivity index (χ0) is 40.5. The number of furan rings is 1. The summed E-state index contributed by atoms with van der Waals surface area (Å²) in [4.78, 5) is 19.6. The fraction of sp³-hybridized carbons (Fsp3) is 0. The molecule has 0 fully saturated rings. The molecule has 0 aliphatic heterocycles. The number of aromatic nitrogens is 4. The van der Waals surface area contributed by atoms with E-state index in [1.165, 1.54) is 11.1 Å². The van der Waals surface area contributed by atoms with E-state index in [4.69, 9.17) is 19.4 Å². The lowest BCUT2D eigenvalue weighted by Gasteiger charge is -2.10. The van der Waals surface area contributed by atoms with Crippen molar-refractivity contribution in [2.75, 3.05) is 0 Å². The molecule has 3 heterocycles. The maximum atomic E-state index is 6.57. The largest absolute Gasteiger partial charge is 0.456 e. The third-order valence-corrected chi connectivity index (χ3v) is 11.3. The van der Waals surface area contributed by atoms with Crippen LogP contribution in [0.2, 0.25) is 0 Å². The Balaban J connectivity index is 0.979. The summed E-state index contributed by atoms with van der Waals surface area (Å²) in [6, 6.07) is 71.5. The maximum Gasteiger partial charge on any atom is 0.164 e. The van der Waals surface area contributed by atoms with Gasteiger partial charge in [-0.1, -0.05) is 176 Å². The summed E-state index contributed by atoms with van der Waals surface area (Å²) in [6.07, 6.45) is 3.68. The molecular formula is C56H36N4O. The van der Waals surface area contributed by atoms with E-state index in [1.807, 2.05) is 30.5 Å². The number of hydrogen-bond acceptors (Lipinski definition) is 5. The highest BCUT2D eigenvalue weighted by molar-refractivity contribution is 6.13. The fourth-order valence-electron chi connectivity index (χ4n) is 8.11. The first kappa shape index (κ1) is 35.8. The fourth-order valence-corrected chi connectivity index (χ4v) is 8.11. The minimum Gasteiger partial charge on any atom is -0.456 e. The Hall–Kier alpha value is -8.28. The van der Waals surface area contributed by atoms with Crippen LogP contribution in [0.5, 0.6) is 0 Å². The van der Waals surface area contributed by atoms with Crippen LogP contribution in [0.3, 0.4) is 0 Å². The summed E-state index contributed by atoms with van der Waals surface area (Å²) in [7, 11) is 0. The summed E-state index contributed by atoms with van der Waals surface area (Å²) >= 11 is 0. The molecular weight excluding hydrogens is 745 g/mol. The van der Waals surface area contributed by atoms with Gasteiger partial charge in [0.2, 0.25) is 0 Å². The zero-order valence-electron chi connectivity index (χ0n) is 33.0. The number of nitrogens with zero attached hydrogens (tertiary/aromatic N) is 4. The SMILES string of the molecule is c1ccc(-c2ccc(-c3nc(-c4ccc(-c5cccc(-c6ccccc6)c5)cc4)nc(-c4ccc5c(c4)oc4cccc(-c6ccc(-c7cccnc7)cc6)c45)n3)cc2)cc1. The van der Waals surface area contributed by atoms with E-state index < -0.39 is 0 Å². The normalized spacial score (nSPS) is 11.3. The van der Waals surface area contributed by atoms with Gasteiger partial charge in [-0.3, -0.25) is 4.98 Å². The molecule has 8 aromatic carbocycles. The van der Waals surface area contributed by atoms with Crippen LogP contribution in [0.25, 0.3) is 112 Å². The van der Waals surface area contributed by atoms with Gasteiger partial charge in [0, 0.05) is 39.9 Å². The molecule has 0 saturated heterocycles. The quantitative estimate of drug-likeness (QED) is 0.154. The van der Waals surface area contributed by atoms with Crippen molar-refractivity contribution >= 4 is 21.9 Å². The van der Waals surface area contributed by atoms with E-state index >= 15 is 0 Å². The molecule has 61 heavy (non-hydrogen) atoms. The highest BCUT2D eigenvalue weighted by Gasteiger charge is 2.17. The Bertz CT molecular complexity index is 3310. The van der Waals surface area contributed by atoms with Gasteiger partial charge in [0.05, 0.1) is 0 Å². The number of pyridine rings is 1. The Morgan fingerprint density at radius 2 is 0.754 bits per heavy atom. The molecule has 5 heteroatoms. The molecule has 0 unspecified atom stereocenters. The standard InChI is InChI=1S/C56H36N4O/c1-3-10-37(11-4-1)39-21-27-43(28-22-39)54-58-55(44-29-23-40(24-30-44)46-15-7-14-45(34-46)38-12-5-2-6-13-38)60-56(59-54)47-31-32-50-52(35-47)61-51-18-8-17-49(53(50)51)42-25-19-41(20-26-42)48-16-9-33-57-36-48/h1-36H. The minimum atomic E-state index is 0.570. The van der Waals surface area contributed by atoms with Gasteiger partial charge in [0.25, 0.3) is 0 Å². The molecule has 11 aromatic rings. The van der Waals surface area contributed by atoms with Gasteiger partial charge < -0.3 is 4.42 Å². The van der Waals surface area contributed by atoms with Crippen molar-refractivity contribution in [2.45, 2.75) is 0 Å². The highest BCUT2D eigenvalue weighted by Crippen LogP contribution is 2.39. The van der Waals surface area contributed by atoms with Crippen LogP contribution in [0.1, 0.15) is 0 Å². The monoisotopic (exact) mass is 780 g/mol. The predicted octanol–water partition coefficient (Wildman–Crippen LogP) is 14.5. The van der Waals surface area contributed by atoms with Crippen LogP contribution < -0.4 is 0 Å². The Kier molecular flexibility index (Phi) is 9.10. The van der Waals surface area contributed by atoms with Crippen LogP contribution in [0.4, 0.5) is 0 Å². The van der Waals surface area contributed by atoms with Gasteiger partial charge in [-0.2, -0.15) is 0 Å². The van der Waals surface area contributed by atoms with E-state index in [-0.39, 0.29) is 0 Å². The molecule has 0 bridgehead atoms. The highest BCUT2D eigenvalue weighted by atomic mass is 16.3. The molecule has 0 aliphatic rings. The van der Waals surface area contributed by atoms with Gasteiger partial charge in [0.15, 0.2) is 17.5 Å². The zero-order valence-corrected chi connectivity index (χ0v) is 33.0. The van der Waals surface area contributed by atoms with Gasteiger partial charge in [-0.05, 0) is 86.0 Å². The van der Waals surface area contributed by atoms with Crippen molar-refractivity contribution in [3.63, 3.8) is 0 Å². The van der Waals surface area contributed by atoms with Crippen molar-refractivity contribution in [1.82, 2.24) is 19.9 Å². The third-order valence-electron chi connectivity index (χ3n) is 11.3. The van der Waals surface area contributed by atoms with Gasteiger partial charge in [0.1, 0.15) is 11.2 Å². The van der Waals surface area contributed by atoms with Crippen LogP contribution in [-0.2, 0) is 0 Å². The van der Waals surface area contributed by atoms with Crippen molar-refractivity contribution in [1.29, 1.82) is 0 Å². The van der Waals surface area contributed by atoms with Crippen LogP contribution in [0.15, 0.2) is 223 Å². The predicted molar refractivity (Wildman–Crippen MR) is 248 cm³/mol. The summed E-state index contributed by atoms with van der Waals surface area (Å²) < 4.78 is 6.57. The summed E-state index contributed by atoms with van der Waals surface area (Å²) in [5.41, 5.74) is 15.6. The average molecular weight is 781 g/mol. The van der Waals surface area contributed by atoms with Crippen molar-refractivity contribution in [3.05, 3.63) is 219 Å². The van der Waals surface area contributed by atoms with Gasteiger partial charge in [-0.15, -0.1) is 0 Å². The molecule has 286 valence electrons. The smallest absolute Gasteiger partial charge is 0.164 e. The third kappa shape index (κ3) is 7.04. The first-order chi connectivity index (χ1) is 30.2. The van der Waals surface area contributed by atoms with E-state index in [1.54, 1.807) is 6.20 Å². The van der Waals surface area contributed by atoms with E-state index in [0.29, 0.717) is 17.5 Å². The molecule has 11 rings (SSSR count). The molecule has 0 saturated carbocycles. The van der Waals surface area contributed by atoms with E-state index in [9.17, 15) is 0 Å². The second kappa shape index (κ2) is 15.5. The van der Waals surface area contributed by atoms with Gasteiger partial charge in [-0.25, -0.2) is 15.0 Å². The molecule has 0 aliphatic carbocycles. The second-order valence-corrected chi connectivity index (χ2v) is 15.1. The van der Waals surface area contributed by atoms with E-state index in [2.05, 4.69) is 187 Å². The summed E-state index contributed by atoms with van der Waals surface area (Å²) in [5.74, 6) is 1.76. The number of benzene rings is 8. The van der Waals surface area contributed by atoms with Crippen LogP contribution >= 0.6 is 0 Å². The molecule has 0 radical (unpaired) electrons. The number of fused-ring (bicyclic) bond motifs is 3. The topological polar surface area (TPSA) is 64.7 Å². The number of hydrogen-bond donors (Lipinski definition) is 0. The second-order valence-electron chi connectivity index (χ2n) is 15.1. The molecule has 3 aromatic heterocycles. The van der Waals surface area contributed by atoms with Crippen molar-refractivity contribution < 1.29 is 4.42 Å². The molecule has 0 amide bonds. The first-order valence-electron chi connectivity index (χ1n) is 20.3. The minimum absolute atomic E-state index is 0.570. The van der Waals surface area contributed by atoms with E-state index in [0.717, 1.165) is 83.1 Å².